The maximum absolute atomic E-state index is 12.3. The Labute approximate surface area is 113 Å². The van der Waals surface area contributed by atoms with E-state index in [0.717, 1.165) is 6.42 Å². The van der Waals surface area contributed by atoms with E-state index in [-0.39, 0.29) is 36.3 Å². The third-order valence-corrected chi connectivity index (χ3v) is 4.74. The van der Waals surface area contributed by atoms with Crippen LogP contribution in [-0.4, -0.2) is 36.0 Å². The number of hydrogen-bond acceptors (Lipinski definition) is 4. The van der Waals surface area contributed by atoms with Gasteiger partial charge in [0.25, 0.3) is 0 Å². The molecule has 0 aromatic rings. The number of carbonyl (C=O) groups excluding carboxylic acids is 1. The van der Waals surface area contributed by atoms with E-state index in [1.807, 2.05) is 20.8 Å². The van der Waals surface area contributed by atoms with Crippen molar-refractivity contribution in [1.82, 2.24) is 0 Å². The smallest absolute Gasteiger partial charge is 0.312 e. The molecule has 7 atom stereocenters. The minimum atomic E-state index is -0.427. The van der Waals surface area contributed by atoms with Gasteiger partial charge in [-0.1, -0.05) is 12.2 Å². The Hall–Kier alpha value is -0.870. The molecule has 4 nitrogen and oxygen atoms in total. The molecule has 104 valence electrons. The zero-order chi connectivity index (χ0) is 13.4. The fourth-order valence-electron chi connectivity index (χ4n) is 4.18. The third kappa shape index (κ3) is 1.62. The van der Waals surface area contributed by atoms with Crippen LogP contribution in [0.3, 0.4) is 0 Å². The second kappa shape index (κ2) is 3.61. The summed E-state index contributed by atoms with van der Waals surface area (Å²) in [5, 5.41) is 0. The van der Waals surface area contributed by atoms with Crippen molar-refractivity contribution in [3.63, 3.8) is 0 Å². The number of rotatable bonds is 1. The van der Waals surface area contributed by atoms with E-state index in [0.29, 0.717) is 11.8 Å². The third-order valence-electron chi connectivity index (χ3n) is 4.74. The van der Waals surface area contributed by atoms with Crippen molar-refractivity contribution in [3.8, 4) is 0 Å². The van der Waals surface area contributed by atoms with E-state index in [2.05, 4.69) is 12.2 Å². The molecule has 0 saturated carbocycles. The van der Waals surface area contributed by atoms with E-state index in [1.165, 1.54) is 0 Å². The molecule has 0 aromatic heterocycles. The van der Waals surface area contributed by atoms with Gasteiger partial charge in [-0.3, -0.25) is 4.79 Å². The van der Waals surface area contributed by atoms with Gasteiger partial charge < -0.3 is 14.2 Å². The lowest BCUT2D eigenvalue weighted by molar-refractivity contribution is -0.162. The zero-order valence-corrected chi connectivity index (χ0v) is 11.5. The molecule has 4 aliphatic rings. The van der Waals surface area contributed by atoms with E-state index in [1.54, 1.807) is 0 Å². The highest BCUT2D eigenvalue weighted by molar-refractivity contribution is 5.74. The SMILES string of the molecule is CC(C)(C)OC(=O)C1CC2OC1C1C3C=CC(O3)C21. The molecular weight excluding hydrogens is 244 g/mol. The Morgan fingerprint density at radius 2 is 1.84 bits per heavy atom. The van der Waals surface area contributed by atoms with Crippen molar-refractivity contribution in [2.24, 2.45) is 17.8 Å². The highest BCUT2D eigenvalue weighted by atomic mass is 16.6. The van der Waals surface area contributed by atoms with Gasteiger partial charge >= 0.3 is 5.97 Å². The summed E-state index contributed by atoms with van der Waals surface area (Å²) in [6, 6.07) is 0. The fourth-order valence-corrected chi connectivity index (χ4v) is 4.18. The Morgan fingerprint density at radius 1 is 1.16 bits per heavy atom. The summed E-state index contributed by atoms with van der Waals surface area (Å²) >= 11 is 0. The van der Waals surface area contributed by atoms with Gasteiger partial charge in [0.15, 0.2) is 0 Å². The molecule has 4 heterocycles. The molecule has 4 bridgehead atoms. The van der Waals surface area contributed by atoms with E-state index < -0.39 is 5.60 Å². The highest BCUT2D eigenvalue weighted by Gasteiger charge is 2.65. The molecule has 0 aliphatic carbocycles. The van der Waals surface area contributed by atoms with Crippen LogP contribution in [0.15, 0.2) is 12.2 Å². The van der Waals surface area contributed by atoms with Gasteiger partial charge in [-0.2, -0.15) is 0 Å². The van der Waals surface area contributed by atoms with Crippen LogP contribution in [0.2, 0.25) is 0 Å². The molecule has 4 aliphatic heterocycles. The summed E-state index contributed by atoms with van der Waals surface area (Å²) in [5.74, 6) is 0.594. The first-order valence-electron chi connectivity index (χ1n) is 7.16. The second-order valence-electron chi connectivity index (χ2n) is 7.12. The van der Waals surface area contributed by atoms with Crippen LogP contribution in [-0.2, 0) is 19.0 Å². The van der Waals surface area contributed by atoms with Crippen molar-refractivity contribution in [3.05, 3.63) is 12.2 Å². The van der Waals surface area contributed by atoms with Crippen LogP contribution in [0, 0.1) is 17.8 Å². The Balaban J connectivity index is 1.54. The molecule has 4 heteroatoms. The maximum atomic E-state index is 12.3. The van der Waals surface area contributed by atoms with Crippen molar-refractivity contribution in [2.45, 2.75) is 57.2 Å². The van der Waals surface area contributed by atoms with Gasteiger partial charge in [-0.15, -0.1) is 0 Å². The summed E-state index contributed by atoms with van der Waals surface area (Å²) in [7, 11) is 0. The Bertz CT molecular complexity index is 450. The predicted molar refractivity (Wildman–Crippen MR) is 67.4 cm³/mol. The van der Waals surface area contributed by atoms with Crippen LogP contribution in [0.25, 0.3) is 0 Å². The number of hydrogen-bond donors (Lipinski definition) is 0. The molecule has 0 amide bonds. The molecule has 0 N–H and O–H groups in total. The molecule has 0 spiro atoms. The number of carbonyl (C=O) groups is 1. The van der Waals surface area contributed by atoms with Gasteiger partial charge in [-0.05, 0) is 27.2 Å². The largest absolute Gasteiger partial charge is 0.460 e. The summed E-state index contributed by atoms with van der Waals surface area (Å²) in [6.07, 6.45) is 5.60. The first-order chi connectivity index (χ1) is 8.94. The summed E-state index contributed by atoms with van der Waals surface area (Å²) < 4.78 is 17.5. The minimum Gasteiger partial charge on any atom is -0.460 e. The topological polar surface area (TPSA) is 44.8 Å². The van der Waals surface area contributed by atoms with Crippen molar-refractivity contribution in [1.29, 1.82) is 0 Å². The van der Waals surface area contributed by atoms with E-state index in [9.17, 15) is 4.79 Å². The lowest BCUT2D eigenvalue weighted by Gasteiger charge is -2.31. The molecule has 7 unspecified atom stereocenters. The average molecular weight is 264 g/mol. The molecule has 0 radical (unpaired) electrons. The molecule has 3 fully saturated rings. The zero-order valence-electron chi connectivity index (χ0n) is 11.5. The lowest BCUT2D eigenvalue weighted by atomic mass is 9.69. The number of esters is 1. The normalized spacial score (nSPS) is 49.7. The van der Waals surface area contributed by atoms with E-state index >= 15 is 0 Å². The van der Waals surface area contributed by atoms with Gasteiger partial charge in [0.2, 0.25) is 0 Å². The minimum absolute atomic E-state index is 0.00944. The van der Waals surface area contributed by atoms with Crippen molar-refractivity contribution < 1.29 is 19.0 Å². The molecule has 19 heavy (non-hydrogen) atoms. The lowest BCUT2D eigenvalue weighted by Crippen LogP contribution is -2.43. The summed E-state index contributed by atoms with van der Waals surface area (Å²) in [5.41, 5.74) is -0.427. The molecule has 4 rings (SSSR count). The fraction of sp³-hybridized carbons (Fsp3) is 0.800. The highest BCUT2D eigenvalue weighted by Crippen LogP contribution is 2.56. The van der Waals surface area contributed by atoms with Crippen LogP contribution in [0.5, 0.6) is 0 Å². The number of fused-ring (bicyclic) bond motifs is 9. The summed E-state index contributed by atoms with van der Waals surface area (Å²) in [4.78, 5) is 12.3. The average Bonchev–Trinajstić information content (AvgIpc) is 3.04. The van der Waals surface area contributed by atoms with Crippen LogP contribution >= 0.6 is 0 Å². The first kappa shape index (κ1) is 11.9. The van der Waals surface area contributed by atoms with Crippen molar-refractivity contribution in [2.75, 3.05) is 0 Å². The molecule has 3 saturated heterocycles. The Morgan fingerprint density at radius 3 is 2.53 bits per heavy atom. The molecule has 0 aromatic carbocycles. The van der Waals surface area contributed by atoms with E-state index in [4.69, 9.17) is 14.2 Å². The van der Waals surface area contributed by atoms with Crippen LogP contribution in [0.4, 0.5) is 0 Å². The van der Waals surface area contributed by atoms with Gasteiger partial charge in [0.1, 0.15) is 5.60 Å². The standard InChI is InChI=1S/C15H20O4/c1-15(2,3)19-14(16)7-6-10-11-8-4-5-9(17-8)12(11)13(7)18-10/h4-5,7-13H,6H2,1-3H3. The monoisotopic (exact) mass is 264 g/mol. The van der Waals surface area contributed by atoms with Crippen LogP contribution < -0.4 is 0 Å². The maximum Gasteiger partial charge on any atom is 0.312 e. The second-order valence-corrected chi connectivity index (χ2v) is 7.12. The Kier molecular flexibility index (Phi) is 2.26. The van der Waals surface area contributed by atoms with Gasteiger partial charge in [0.05, 0.1) is 30.3 Å². The van der Waals surface area contributed by atoms with Gasteiger partial charge in [-0.25, -0.2) is 0 Å². The van der Waals surface area contributed by atoms with Gasteiger partial charge in [0, 0.05) is 11.8 Å². The molecular formula is C15H20O4. The van der Waals surface area contributed by atoms with Crippen molar-refractivity contribution >= 4 is 5.97 Å². The predicted octanol–water partition coefficient (Wildman–Crippen LogP) is 1.68. The number of ether oxygens (including phenoxy) is 3. The summed E-state index contributed by atoms with van der Waals surface area (Å²) in [6.45, 7) is 5.72. The quantitative estimate of drug-likeness (QED) is 0.534. The first-order valence-corrected chi connectivity index (χ1v) is 7.16. The van der Waals surface area contributed by atoms with Crippen LogP contribution in [0.1, 0.15) is 27.2 Å².